The summed E-state index contributed by atoms with van der Waals surface area (Å²) >= 11 is 0. The van der Waals surface area contributed by atoms with Gasteiger partial charge in [-0.05, 0) is 45.1 Å². The van der Waals surface area contributed by atoms with Crippen molar-refractivity contribution in [2.75, 3.05) is 0 Å². The molecule has 0 amide bonds. The zero-order valence-corrected chi connectivity index (χ0v) is 9.01. The molecular weight excluding hydrogens is 172 g/mol. The van der Waals surface area contributed by atoms with Crippen molar-refractivity contribution in [3.63, 3.8) is 0 Å². The predicted octanol–water partition coefficient (Wildman–Crippen LogP) is 2.76. The van der Waals surface area contributed by atoms with Crippen molar-refractivity contribution in [2.24, 2.45) is 0 Å². The molecule has 0 atom stereocenters. The molecule has 1 N–H and O–H groups in total. The second kappa shape index (κ2) is 3.39. The molecule has 1 nitrogen and oxygen atoms in total. The molecule has 1 aliphatic rings. The fraction of sp³-hybridized carbons (Fsp3) is 0.538. The van der Waals surface area contributed by atoms with E-state index < -0.39 is 0 Å². The highest BCUT2D eigenvalue weighted by Gasteiger charge is 2.39. The summed E-state index contributed by atoms with van der Waals surface area (Å²) in [7, 11) is 0. The van der Waals surface area contributed by atoms with Gasteiger partial charge in [-0.2, -0.15) is 0 Å². The molecule has 0 unspecified atom stereocenters. The largest absolute Gasteiger partial charge is 0.390 e. The van der Waals surface area contributed by atoms with Crippen molar-refractivity contribution in [1.29, 1.82) is 0 Å². The Balaban J connectivity index is 2.01. The lowest BCUT2D eigenvalue weighted by Gasteiger charge is -2.08. The molecule has 14 heavy (non-hydrogen) atoms. The maximum absolute atomic E-state index is 9.73. The van der Waals surface area contributed by atoms with Gasteiger partial charge in [0.25, 0.3) is 0 Å². The second-order valence-electron chi connectivity index (χ2n) is 4.72. The average molecular weight is 190 g/mol. The van der Waals surface area contributed by atoms with E-state index in [-0.39, 0.29) is 5.60 Å². The normalized spacial score (nSPS) is 18.2. The summed E-state index contributed by atoms with van der Waals surface area (Å²) in [4.78, 5) is 0. The van der Waals surface area contributed by atoms with E-state index >= 15 is 0 Å². The molecular formula is C13H18O. The molecule has 0 saturated heterocycles. The third-order valence-electron chi connectivity index (χ3n) is 2.99. The topological polar surface area (TPSA) is 20.2 Å². The number of rotatable bonds is 3. The SMILES string of the molecule is Cc1cc(C)cc(CCC2(O)CC2)c1. The molecule has 1 aromatic rings. The van der Waals surface area contributed by atoms with E-state index in [1.54, 1.807) is 0 Å². The molecule has 1 fully saturated rings. The molecule has 0 heterocycles. The van der Waals surface area contributed by atoms with Gasteiger partial charge in [-0.15, -0.1) is 0 Å². The lowest BCUT2D eigenvalue weighted by atomic mass is 10.0. The fourth-order valence-electron chi connectivity index (χ4n) is 1.98. The average Bonchev–Trinajstić information content (AvgIpc) is 2.80. The third kappa shape index (κ3) is 2.36. The van der Waals surface area contributed by atoms with Crippen molar-refractivity contribution in [1.82, 2.24) is 0 Å². The van der Waals surface area contributed by atoms with Crippen LogP contribution in [-0.4, -0.2) is 10.7 Å². The standard InChI is InChI=1S/C13H18O/c1-10-7-11(2)9-12(8-10)3-4-13(14)5-6-13/h7-9,14H,3-6H2,1-2H3. The number of aryl methyl sites for hydroxylation is 3. The van der Waals surface area contributed by atoms with Crippen LogP contribution in [0, 0.1) is 13.8 Å². The quantitative estimate of drug-likeness (QED) is 0.777. The third-order valence-corrected chi connectivity index (χ3v) is 2.99. The highest BCUT2D eigenvalue weighted by atomic mass is 16.3. The minimum atomic E-state index is -0.308. The van der Waals surface area contributed by atoms with Crippen LogP contribution in [0.3, 0.4) is 0 Å². The molecule has 1 saturated carbocycles. The molecule has 1 aliphatic carbocycles. The van der Waals surface area contributed by atoms with Crippen LogP contribution in [0.1, 0.15) is 36.0 Å². The fourth-order valence-corrected chi connectivity index (χ4v) is 1.98. The minimum absolute atomic E-state index is 0.308. The van der Waals surface area contributed by atoms with E-state index in [0.29, 0.717) is 0 Å². The molecule has 0 spiro atoms. The summed E-state index contributed by atoms with van der Waals surface area (Å²) in [5.41, 5.74) is 3.70. The summed E-state index contributed by atoms with van der Waals surface area (Å²) in [5, 5.41) is 9.73. The summed E-state index contributed by atoms with van der Waals surface area (Å²) in [6.45, 7) is 4.25. The molecule has 0 aliphatic heterocycles. The Morgan fingerprint density at radius 3 is 2.21 bits per heavy atom. The Hall–Kier alpha value is -0.820. The van der Waals surface area contributed by atoms with Gasteiger partial charge in [0, 0.05) is 0 Å². The monoisotopic (exact) mass is 190 g/mol. The zero-order valence-electron chi connectivity index (χ0n) is 9.01. The first-order valence-electron chi connectivity index (χ1n) is 5.37. The Morgan fingerprint density at radius 2 is 1.71 bits per heavy atom. The van der Waals surface area contributed by atoms with Gasteiger partial charge in [-0.25, -0.2) is 0 Å². The molecule has 2 rings (SSSR count). The van der Waals surface area contributed by atoms with Gasteiger partial charge in [0.05, 0.1) is 5.60 Å². The lowest BCUT2D eigenvalue weighted by Crippen LogP contribution is -2.07. The van der Waals surface area contributed by atoms with Crippen LogP contribution in [0.25, 0.3) is 0 Å². The maximum Gasteiger partial charge on any atom is 0.0653 e. The van der Waals surface area contributed by atoms with Gasteiger partial charge in [-0.1, -0.05) is 29.3 Å². The van der Waals surface area contributed by atoms with Crippen molar-refractivity contribution in [3.05, 3.63) is 34.9 Å². The van der Waals surface area contributed by atoms with Crippen molar-refractivity contribution in [2.45, 2.75) is 45.1 Å². The van der Waals surface area contributed by atoms with Crippen LogP contribution in [0.2, 0.25) is 0 Å². The summed E-state index contributed by atoms with van der Waals surface area (Å²) in [5.74, 6) is 0. The van der Waals surface area contributed by atoms with E-state index in [2.05, 4.69) is 32.0 Å². The van der Waals surface area contributed by atoms with Crippen LogP contribution in [0.5, 0.6) is 0 Å². The Labute approximate surface area is 85.8 Å². The van der Waals surface area contributed by atoms with Crippen molar-refractivity contribution >= 4 is 0 Å². The van der Waals surface area contributed by atoms with E-state index in [0.717, 1.165) is 25.7 Å². The smallest absolute Gasteiger partial charge is 0.0653 e. The van der Waals surface area contributed by atoms with Gasteiger partial charge in [0.2, 0.25) is 0 Å². The van der Waals surface area contributed by atoms with Gasteiger partial charge in [0.1, 0.15) is 0 Å². The van der Waals surface area contributed by atoms with E-state index in [9.17, 15) is 5.11 Å². The number of hydrogen-bond donors (Lipinski definition) is 1. The Morgan fingerprint density at radius 1 is 1.14 bits per heavy atom. The molecule has 76 valence electrons. The van der Waals surface area contributed by atoms with Gasteiger partial charge < -0.3 is 5.11 Å². The van der Waals surface area contributed by atoms with E-state index in [1.165, 1.54) is 16.7 Å². The van der Waals surface area contributed by atoms with Gasteiger partial charge in [0.15, 0.2) is 0 Å². The van der Waals surface area contributed by atoms with Gasteiger partial charge in [-0.3, -0.25) is 0 Å². The molecule has 1 heteroatoms. The van der Waals surface area contributed by atoms with Crippen LogP contribution >= 0.6 is 0 Å². The predicted molar refractivity (Wildman–Crippen MR) is 58.4 cm³/mol. The second-order valence-corrected chi connectivity index (χ2v) is 4.72. The first-order valence-corrected chi connectivity index (χ1v) is 5.37. The van der Waals surface area contributed by atoms with Crippen LogP contribution in [-0.2, 0) is 6.42 Å². The molecule has 0 radical (unpaired) electrons. The Kier molecular flexibility index (Phi) is 2.36. The summed E-state index contributed by atoms with van der Waals surface area (Å²) in [6.07, 6.45) is 3.94. The first-order chi connectivity index (χ1) is 6.57. The summed E-state index contributed by atoms with van der Waals surface area (Å²) in [6, 6.07) is 6.63. The number of hydrogen-bond acceptors (Lipinski definition) is 1. The lowest BCUT2D eigenvalue weighted by molar-refractivity contribution is 0.140. The number of aliphatic hydroxyl groups is 1. The number of benzene rings is 1. The van der Waals surface area contributed by atoms with Crippen LogP contribution in [0.4, 0.5) is 0 Å². The maximum atomic E-state index is 9.73. The van der Waals surface area contributed by atoms with Crippen LogP contribution in [0.15, 0.2) is 18.2 Å². The van der Waals surface area contributed by atoms with Crippen LogP contribution < -0.4 is 0 Å². The van der Waals surface area contributed by atoms with Gasteiger partial charge >= 0.3 is 0 Å². The first kappa shape index (κ1) is 9.72. The summed E-state index contributed by atoms with van der Waals surface area (Å²) < 4.78 is 0. The Bertz CT molecular complexity index is 317. The van der Waals surface area contributed by atoms with E-state index in [1.807, 2.05) is 0 Å². The zero-order chi connectivity index (χ0) is 10.2. The minimum Gasteiger partial charge on any atom is -0.390 e. The molecule has 0 bridgehead atoms. The highest BCUT2D eigenvalue weighted by Crippen LogP contribution is 2.39. The van der Waals surface area contributed by atoms with Crippen molar-refractivity contribution < 1.29 is 5.11 Å². The van der Waals surface area contributed by atoms with E-state index in [4.69, 9.17) is 0 Å². The molecule has 1 aromatic carbocycles. The van der Waals surface area contributed by atoms with Crippen molar-refractivity contribution in [3.8, 4) is 0 Å². The highest BCUT2D eigenvalue weighted by molar-refractivity contribution is 5.28. The molecule has 0 aromatic heterocycles.